The van der Waals surface area contributed by atoms with Gasteiger partial charge in [0.05, 0.1) is 0 Å². The van der Waals surface area contributed by atoms with Gasteiger partial charge in [-0.1, -0.05) is 58.0 Å². The highest BCUT2D eigenvalue weighted by Gasteiger charge is 2.16. The zero-order valence-corrected chi connectivity index (χ0v) is 9.83. The molecule has 1 rings (SSSR count). The first-order chi connectivity index (χ1) is 6.61. The van der Waals surface area contributed by atoms with E-state index < -0.39 is 0 Å². The van der Waals surface area contributed by atoms with Gasteiger partial charge in [0.15, 0.2) is 0 Å². The van der Waals surface area contributed by atoms with Crippen LogP contribution in [0.2, 0.25) is 0 Å². The van der Waals surface area contributed by atoms with Gasteiger partial charge < -0.3 is 0 Å². The summed E-state index contributed by atoms with van der Waals surface area (Å²) in [5.41, 5.74) is 1.50. The van der Waals surface area contributed by atoms with Crippen LogP contribution in [0.3, 0.4) is 0 Å². The van der Waals surface area contributed by atoms with Crippen LogP contribution >= 0.6 is 0 Å². The van der Waals surface area contributed by atoms with Crippen LogP contribution < -0.4 is 0 Å². The molecule has 0 nitrogen and oxygen atoms in total. The van der Waals surface area contributed by atoms with Crippen molar-refractivity contribution in [1.82, 2.24) is 0 Å². The molecule has 1 aromatic carbocycles. The Labute approximate surface area is 88.4 Å². The lowest BCUT2D eigenvalue weighted by atomic mass is 9.82. The van der Waals surface area contributed by atoms with E-state index in [1.165, 1.54) is 12.0 Å². The smallest absolute Gasteiger partial charge is 0.0136 e. The van der Waals surface area contributed by atoms with Gasteiger partial charge in [-0.25, -0.2) is 0 Å². The van der Waals surface area contributed by atoms with E-state index in [1.807, 2.05) is 0 Å². The van der Waals surface area contributed by atoms with Crippen LogP contribution in [-0.4, -0.2) is 0 Å². The molecule has 0 aliphatic heterocycles. The summed E-state index contributed by atoms with van der Waals surface area (Å²) < 4.78 is 0. The molecule has 0 saturated heterocycles. The topological polar surface area (TPSA) is 0 Å². The van der Waals surface area contributed by atoms with Gasteiger partial charge in [0.1, 0.15) is 0 Å². The number of rotatable bonds is 4. The molecule has 0 N–H and O–H groups in total. The Bertz CT molecular complexity index is 246. The van der Waals surface area contributed by atoms with Crippen LogP contribution in [0, 0.1) is 11.8 Å². The molecule has 78 valence electrons. The standard InChI is InChI=1S/C14H22/c1-11(2)10-14(12(3)4)13-8-6-5-7-9-13/h5-9,11-12,14H,10H2,1-4H3. The predicted octanol–water partition coefficient (Wildman–Crippen LogP) is 4.47. The Morgan fingerprint density at radius 3 is 1.93 bits per heavy atom. The first-order valence-corrected chi connectivity index (χ1v) is 5.66. The molecule has 0 spiro atoms. The van der Waals surface area contributed by atoms with Gasteiger partial charge in [0.2, 0.25) is 0 Å². The number of hydrogen-bond acceptors (Lipinski definition) is 0. The van der Waals surface area contributed by atoms with Gasteiger partial charge in [-0.2, -0.15) is 0 Å². The Morgan fingerprint density at radius 1 is 0.929 bits per heavy atom. The van der Waals surface area contributed by atoms with Gasteiger partial charge in [0, 0.05) is 0 Å². The molecule has 0 radical (unpaired) electrons. The quantitative estimate of drug-likeness (QED) is 0.657. The van der Waals surface area contributed by atoms with E-state index in [-0.39, 0.29) is 0 Å². The predicted molar refractivity (Wildman–Crippen MR) is 63.5 cm³/mol. The molecular formula is C14H22. The minimum Gasteiger partial charge on any atom is -0.0628 e. The summed E-state index contributed by atoms with van der Waals surface area (Å²) in [5.74, 6) is 2.23. The van der Waals surface area contributed by atoms with Crippen LogP contribution in [0.25, 0.3) is 0 Å². The lowest BCUT2D eigenvalue weighted by molar-refractivity contribution is 0.408. The Hall–Kier alpha value is -0.780. The number of benzene rings is 1. The average molecular weight is 190 g/mol. The van der Waals surface area contributed by atoms with Crippen LogP contribution in [0.5, 0.6) is 0 Å². The van der Waals surface area contributed by atoms with Crippen molar-refractivity contribution in [2.75, 3.05) is 0 Å². The zero-order chi connectivity index (χ0) is 10.6. The molecule has 0 saturated carbocycles. The summed E-state index contributed by atoms with van der Waals surface area (Å²) in [6.07, 6.45) is 1.29. The van der Waals surface area contributed by atoms with Crippen molar-refractivity contribution < 1.29 is 0 Å². The van der Waals surface area contributed by atoms with Crippen molar-refractivity contribution >= 4 is 0 Å². The normalized spacial score (nSPS) is 13.6. The molecular weight excluding hydrogens is 168 g/mol. The van der Waals surface area contributed by atoms with Gasteiger partial charge in [-0.3, -0.25) is 0 Å². The van der Waals surface area contributed by atoms with Crippen molar-refractivity contribution in [3.8, 4) is 0 Å². The third-order valence-electron chi connectivity index (χ3n) is 2.76. The van der Waals surface area contributed by atoms with E-state index in [9.17, 15) is 0 Å². The molecule has 1 aromatic rings. The molecule has 0 heteroatoms. The van der Waals surface area contributed by atoms with Crippen LogP contribution in [-0.2, 0) is 0 Å². The molecule has 0 aromatic heterocycles. The summed E-state index contributed by atoms with van der Waals surface area (Å²) in [6.45, 7) is 9.25. The number of hydrogen-bond donors (Lipinski definition) is 0. The summed E-state index contributed by atoms with van der Waals surface area (Å²) in [7, 11) is 0. The molecule has 14 heavy (non-hydrogen) atoms. The van der Waals surface area contributed by atoms with E-state index in [1.54, 1.807) is 0 Å². The van der Waals surface area contributed by atoms with E-state index in [4.69, 9.17) is 0 Å². The summed E-state index contributed by atoms with van der Waals surface area (Å²) >= 11 is 0. The second-order valence-electron chi connectivity index (χ2n) is 4.89. The second-order valence-corrected chi connectivity index (χ2v) is 4.89. The first kappa shape index (κ1) is 11.3. The van der Waals surface area contributed by atoms with Crippen LogP contribution in [0.1, 0.15) is 45.6 Å². The SMILES string of the molecule is CC(C)CC(c1ccccc1)C(C)C. The monoisotopic (exact) mass is 190 g/mol. The van der Waals surface area contributed by atoms with E-state index in [0.29, 0.717) is 0 Å². The molecule has 1 atom stereocenters. The van der Waals surface area contributed by atoms with Gasteiger partial charge in [-0.05, 0) is 29.7 Å². The lowest BCUT2D eigenvalue weighted by Gasteiger charge is -2.23. The van der Waals surface area contributed by atoms with Crippen molar-refractivity contribution in [1.29, 1.82) is 0 Å². The summed E-state index contributed by atoms with van der Waals surface area (Å²) in [5, 5.41) is 0. The molecule has 0 fully saturated rings. The fourth-order valence-corrected chi connectivity index (χ4v) is 2.00. The molecule has 0 bridgehead atoms. The van der Waals surface area contributed by atoms with Crippen LogP contribution in [0.15, 0.2) is 30.3 Å². The summed E-state index contributed by atoms with van der Waals surface area (Å²) in [6, 6.07) is 10.9. The molecule has 0 aliphatic carbocycles. The maximum Gasteiger partial charge on any atom is -0.0136 e. The maximum absolute atomic E-state index is 2.32. The Kier molecular flexibility index (Phi) is 4.19. The minimum atomic E-state index is 0.719. The molecule has 1 unspecified atom stereocenters. The van der Waals surface area contributed by atoms with Crippen molar-refractivity contribution in [2.45, 2.75) is 40.0 Å². The highest BCUT2D eigenvalue weighted by molar-refractivity contribution is 5.20. The van der Waals surface area contributed by atoms with Crippen molar-refractivity contribution in [2.24, 2.45) is 11.8 Å². The van der Waals surface area contributed by atoms with Gasteiger partial charge >= 0.3 is 0 Å². The molecule has 0 aliphatic rings. The van der Waals surface area contributed by atoms with E-state index in [2.05, 4.69) is 58.0 Å². The fourth-order valence-electron chi connectivity index (χ4n) is 2.00. The third kappa shape index (κ3) is 3.17. The lowest BCUT2D eigenvalue weighted by Crippen LogP contribution is -2.09. The van der Waals surface area contributed by atoms with Gasteiger partial charge in [-0.15, -0.1) is 0 Å². The highest BCUT2D eigenvalue weighted by Crippen LogP contribution is 2.30. The second kappa shape index (κ2) is 5.19. The Balaban J connectivity index is 2.78. The first-order valence-electron chi connectivity index (χ1n) is 5.66. The van der Waals surface area contributed by atoms with Crippen molar-refractivity contribution in [3.05, 3.63) is 35.9 Å². The molecule has 0 heterocycles. The minimum absolute atomic E-state index is 0.719. The Morgan fingerprint density at radius 2 is 1.50 bits per heavy atom. The van der Waals surface area contributed by atoms with Crippen LogP contribution in [0.4, 0.5) is 0 Å². The molecule has 0 amide bonds. The maximum atomic E-state index is 2.32. The average Bonchev–Trinajstić information content (AvgIpc) is 2.15. The highest BCUT2D eigenvalue weighted by atomic mass is 14.2. The van der Waals surface area contributed by atoms with Crippen molar-refractivity contribution in [3.63, 3.8) is 0 Å². The van der Waals surface area contributed by atoms with Gasteiger partial charge in [0.25, 0.3) is 0 Å². The van der Waals surface area contributed by atoms with E-state index in [0.717, 1.165) is 17.8 Å². The summed E-state index contributed by atoms with van der Waals surface area (Å²) in [4.78, 5) is 0. The van der Waals surface area contributed by atoms with E-state index >= 15 is 0 Å². The third-order valence-corrected chi connectivity index (χ3v) is 2.76. The largest absolute Gasteiger partial charge is 0.0628 e. The fraction of sp³-hybridized carbons (Fsp3) is 0.571. The zero-order valence-electron chi connectivity index (χ0n) is 9.83.